The number of phenolic OH excluding ortho intramolecular Hbond substituents is 2. The molecule has 0 bridgehead atoms. The third-order valence-corrected chi connectivity index (χ3v) is 1.78. The summed E-state index contributed by atoms with van der Waals surface area (Å²) < 4.78 is 4.65. The van der Waals surface area contributed by atoms with Crippen molar-refractivity contribution in [1.82, 2.24) is 5.16 Å². The molecule has 72 valence electrons. The zero-order valence-corrected chi connectivity index (χ0v) is 7.14. The van der Waals surface area contributed by atoms with Crippen molar-refractivity contribution < 1.29 is 14.7 Å². The van der Waals surface area contributed by atoms with Crippen molar-refractivity contribution in [1.29, 1.82) is 0 Å². The first-order valence-corrected chi connectivity index (χ1v) is 3.91. The highest BCUT2D eigenvalue weighted by atomic mass is 16.5. The summed E-state index contributed by atoms with van der Waals surface area (Å²) in [4.78, 5) is 0. The van der Waals surface area contributed by atoms with Crippen molar-refractivity contribution in [2.75, 3.05) is 5.73 Å². The van der Waals surface area contributed by atoms with Gasteiger partial charge in [0.05, 0.1) is 0 Å². The second-order valence-electron chi connectivity index (χ2n) is 2.82. The molecule has 0 spiro atoms. The molecule has 4 N–H and O–H groups in total. The summed E-state index contributed by atoms with van der Waals surface area (Å²) in [5, 5.41) is 22.3. The molecule has 0 aliphatic rings. The van der Waals surface area contributed by atoms with Crippen molar-refractivity contribution in [3.8, 4) is 22.8 Å². The van der Waals surface area contributed by atoms with Gasteiger partial charge in [-0.2, -0.15) is 0 Å². The van der Waals surface area contributed by atoms with Crippen molar-refractivity contribution in [2.24, 2.45) is 0 Å². The van der Waals surface area contributed by atoms with Crippen LogP contribution in [0.3, 0.4) is 0 Å². The highest BCUT2D eigenvalue weighted by Crippen LogP contribution is 2.31. The molecule has 0 fully saturated rings. The number of benzene rings is 1. The number of aromatic nitrogens is 1. The van der Waals surface area contributed by atoms with Crippen LogP contribution in [0.4, 0.5) is 5.88 Å². The lowest BCUT2D eigenvalue weighted by Crippen LogP contribution is -1.79. The number of rotatable bonds is 1. The molecule has 2 rings (SSSR count). The largest absolute Gasteiger partial charge is 0.508 e. The van der Waals surface area contributed by atoms with Gasteiger partial charge in [0, 0.05) is 11.6 Å². The summed E-state index contributed by atoms with van der Waals surface area (Å²) in [5.41, 5.74) is 6.10. The van der Waals surface area contributed by atoms with E-state index in [4.69, 9.17) is 5.73 Å². The molecule has 0 radical (unpaired) electrons. The molecule has 14 heavy (non-hydrogen) atoms. The highest BCUT2D eigenvalue weighted by Gasteiger charge is 2.09. The number of nitrogens with two attached hydrogens (primary N) is 1. The number of hydrogen-bond donors (Lipinski definition) is 3. The van der Waals surface area contributed by atoms with Crippen LogP contribution in [0.15, 0.2) is 28.8 Å². The maximum absolute atomic E-state index is 9.46. The van der Waals surface area contributed by atoms with Crippen molar-refractivity contribution in [2.45, 2.75) is 0 Å². The maximum Gasteiger partial charge on any atom is 0.222 e. The van der Waals surface area contributed by atoms with Crippen LogP contribution in [0, 0.1) is 0 Å². The molecule has 0 unspecified atom stereocenters. The number of aromatic hydroxyl groups is 2. The first-order chi connectivity index (χ1) is 6.66. The van der Waals surface area contributed by atoms with Crippen LogP contribution < -0.4 is 5.73 Å². The number of nitrogens with zero attached hydrogens (tertiary/aromatic N) is 1. The van der Waals surface area contributed by atoms with Gasteiger partial charge >= 0.3 is 0 Å². The molecule has 0 atom stereocenters. The Morgan fingerprint density at radius 1 is 1.21 bits per heavy atom. The van der Waals surface area contributed by atoms with Crippen LogP contribution in [0.1, 0.15) is 0 Å². The summed E-state index contributed by atoms with van der Waals surface area (Å²) >= 11 is 0. The normalized spacial score (nSPS) is 10.3. The van der Waals surface area contributed by atoms with E-state index in [9.17, 15) is 10.2 Å². The molecule has 0 saturated carbocycles. The van der Waals surface area contributed by atoms with E-state index in [0.29, 0.717) is 11.3 Å². The minimum absolute atomic E-state index is 0.0103. The summed E-state index contributed by atoms with van der Waals surface area (Å²) in [6.07, 6.45) is 0. The summed E-state index contributed by atoms with van der Waals surface area (Å²) in [5.74, 6) is 0.207. The van der Waals surface area contributed by atoms with E-state index in [0.717, 1.165) is 0 Å². The fourth-order valence-electron chi connectivity index (χ4n) is 1.15. The first-order valence-electron chi connectivity index (χ1n) is 3.91. The van der Waals surface area contributed by atoms with E-state index in [2.05, 4.69) is 9.68 Å². The lowest BCUT2D eigenvalue weighted by Gasteiger charge is -2.00. The predicted molar refractivity (Wildman–Crippen MR) is 49.7 cm³/mol. The third-order valence-electron chi connectivity index (χ3n) is 1.78. The fraction of sp³-hybridized carbons (Fsp3) is 0. The molecule has 1 heterocycles. The number of hydrogen-bond acceptors (Lipinski definition) is 5. The Kier molecular flexibility index (Phi) is 1.78. The van der Waals surface area contributed by atoms with Crippen molar-refractivity contribution >= 4 is 5.88 Å². The smallest absolute Gasteiger partial charge is 0.222 e. The predicted octanol–water partition coefficient (Wildman–Crippen LogP) is 1.33. The van der Waals surface area contributed by atoms with E-state index in [1.54, 1.807) is 0 Å². The minimum atomic E-state index is 0.0103. The van der Waals surface area contributed by atoms with Gasteiger partial charge in [0.1, 0.15) is 17.2 Å². The Hall–Kier alpha value is -2.17. The quantitative estimate of drug-likeness (QED) is 0.593. The average molecular weight is 192 g/mol. The molecule has 1 aromatic carbocycles. The number of anilines is 1. The van der Waals surface area contributed by atoms with Crippen molar-refractivity contribution in [3.63, 3.8) is 0 Å². The summed E-state index contributed by atoms with van der Waals surface area (Å²) in [7, 11) is 0. The Morgan fingerprint density at radius 3 is 2.64 bits per heavy atom. The van der Waals surface area contributed by atoms with Gasteiger partial charge in [0.15, 0.2) is 0 Å². The standard InChI is InChI=1S/C9H8N2O3/c10-9-4-7(11-14-9)6-3-5(12)1-2-8(6)13/h1-4,12-13H,10H2. The number of phenols is 2. The van der Waals surface area contributed by atoms with Crippen molar-refractivity contribution in [3.05, 3.63) is 24.3 Å². The zero-order chi connectivity index (χ0) is 10.1. The Labute approximate surface area is 79.4 Å². The second kappa shape index (κ2) is 2.95. The first kappa shape index (κ1) is 8.43. The molecule has 2 aromatic rings. The second-order valence-corrected chi connectivity index (χ2v) is 2.82. The van der Waals surface area contributed by atoms with Crippen LogP contribution >= 0.6 is 0 Å². The zero-order valence-electron chi connectivity index (χ0n) is 7.14. The molecular weight excluding hydrogens is 184 g/mol. The number of nitrogen functional groups attached to an aromatic ring is 1. The van der Waals surface area contributed by atoms with Gasteiger partial charge in [-0.25, -0.2) is 0 Å². The van der Waals surface area contributed by atoms with Crippen LogP contribution in [-0.2, 0) is 0 Å². The van der Waals surface area contributed by atoms with E-state index in [1.807, 2.05) is 0 Å². The Bertz CT molecular complexity index is 465. The van der Waals surface area contributed by atoms with E-state index < -0.39 is 0 Å². The Balaban J connectivity index is 2.55. The van der Waals surface area contributed by atoms with Gasteiger partial charge in [-0.15, -0.1) is 0 Å². The summed E-state index contributed by atoms with van der Waals surface area (Å²) in [6.45, 7) is 0. The molecular formula is C9H8N2O3. The van der Waals surface area contributed by atoms with Crippen LogP contribution in [0.25, 0.3) is 11.3 Å². The van der Waals surface area contributed by atoms with Gasteiger partial charge in [-0.05, 0) is 18.2 Å². The van der Waals surface area contributed by atoms with Gasteiger partial charge in [0.25, 0.3) is 0 Å². The maximum atomic E-state index is 9.46. The topological polar surface area (TPSA) is 92.5 Å². The molecule has 5 nitrogen and oxygen atoms in total. The van der Waals surface area contributed by atoms with Crippen LogP contribution in [0.5, 0.6) is 11.5 Å². The minimum Gasteiger partial charge on any atom is -0.508 e. The summed E-state index contributed by atoms with van der Waals surface area (Å²) in [6, 6.07) is 5.60. The van der Waals surface area contributed by atoms with Gasteiger partial charge < -0.3 is 20.5 Å². The molecule has 0 aliphatic carbocycles. The molecule has 0 aliphatic heterocycles. The van der Waals surface area contributed by atoms with E-state index in [1.165, 1.54) is 24.3 Å². The van der Waals surface area contributed by atoms with Gasteiger partial charge in [0.2, 0.25) is 5.88 Å². The highest BCUT2D eigenvalue weighted by molar-refractivity contribution is 5.69. The third kappa shape index (κ3) is 1.35. The molecule has 0 saturated heterocycles. The molecule has 0 amide bonds. The fourth-order valence-corrected chi connectivity index (χ4v) is 1.15. The van der Waals surface area contributed by atoms with E-state index in [-0.39, 0.29) is 17.4 Å². The molecule has 1 aromatic heterocycles. The molecule has 5 heteroatoms. The lowest BCUT2D eigenvalue weighted by atomic mass is 10.1. The van der Waals surface area contributed by atoms with Gasteiger partial charge in [-0.1, -0.05) is 5.16 Å². The SMILES string of the molecule is Nc1cc(-c2cc(O)ccc2O)no1. The van der Waals surface area contributed by atoms with Gasteiger partial charge in [-0.3, -0.25) is 0 Å². The lowest BCUT2D eigenvalue weighted by molar-refractivity contribution is 0.436. The Morgan fingerprint density at radius 2 is 2.00 bits per heavy atom. The monoisotopic (exact) mass is 192 g/mol. The van der Waals surface area contributed by atoms with Crippen LogP contribution in [-0.4, -0.2) is 15.4 Å². The van der Waals surface area contributed by atoms with E-state index >= 15 is 0 Å². The van der Waals surface area contributed by atoms with Crippen LogP contribution in [0.2, 0.25) is 0 Å². The average Bonchev–Trinajstić information content (AvgIpc) is 2.56.